The Labute approximate surface area is 125 Å². The monoisotopic (exact) mass is 284 g/mol. The fourth-order valence-corrected chi connectivity index (χ4v) is 2.42. The lowest BCUT2D eigenvalue weighted by molar-refractivity contribution is -0.145. The van der Waals surface area contributed by atoms with Crippen LogP contribution in [0.5, 0.6) is 5.75 Å². The summed E-state index contributed by atoms with van der Waals surface area (Å²) in [4.78, 5) is 11.5. The number of carboxylic acid groups (broad SMARTS) is 1. The first kappa shape index (κ1) is 15.1. The largest absolute Gasteiger partial charge is 0.478 e. The molecule has 0 bridgehead atoms. The molecule has 0 saturated carbocycles. The molecule has 0 aliphatic carbocycles. The number of benzene rings is 2. The number of rotatable bonds is 5. The van der Waals surface area contributed by atoms with E-state index in [9.17, 15) is 9.90 Å². The van der Waals surface area contributed by atoms with E-state index in [-0.39, 0.29) is 0 Å². The number of ether oxygens (including phenoxy) is 1. The number of carboxylic acids is 1. The average Bonchev–Trinajstić information content (AvgIpc) is 2.39. The second-order valence-corrected chi connectivity index (χ2v) is 5.41. The van der Waals surface area contributed by atoms with Gasteiger partial charge in [0, 0.05) is 6.42 Å². The van der Waals surface area contributed by atoms with E-state index in [2.05, 4.69) is 6.07 Å². The molecule has 1 N–H and O–H groups in total. The Hall–Kier alpha value is -2.29. The van der Waals surface area contributed by atoms with Gasteiger partial charge in [-0.3, -0.25) is 0 Å². The van der Waals surface area contributed by atoms with E-state index in [4.69, 9.17) is 4.74 Å². The molecule has 0 amide bonds. The van der Waals surface area contributed by atoms with Gasteiger partial charge in [0.25, 0.3) is 0 Å². The van der Waals surface area contributed by atoms with Crippen molar-refractivity contribution < 1.29 is 14.6 Å². The fourth-order valence-electron chi connectivity index (χ4n) is 2.42. The van der Waals surface area contributed by atoms with Crippen molar-refractivity contribution in [3.63, 3.8) is 0 Å². The van der Waals surface area contributed by atoms with Crippen molar-refractivity contribution >= 4 is 5.97 Å². The van der Waals surface area contributed by atoms with E-state index in [1.165, 1.54) is 0 Å². The Kier molecular flexibility index (Phi) is 4.63. The summed E-state index contributed by atoms with van der Waals surface area (Å²) in [6.45, 7) is 5.92. The van der Waals surface area contributed by atoms with E-state index in [1.54, 1.807) is 6.07 Å². The summed E-state index contributed by atoms with van der Waals surface area (Å²) in [5.74, 6) is -0.327. The summed E-state index contributed by atoms with van der Waals surface area (Å²) in [5, 5.41) is 9.40. The summed E-state index contributed by atoms with van der Waals surface area (Å²) in [7, 11) is 0. The van der Waals surface area contributed by atoms with Crippen LogP contribution in [-0.4, -0.2) is 17.2 Å². The van der Waals surface area contributed by atoms with Crippen LogP contribution in [0.1, 0.15) is 22.3 Å². The molecule has 0 heterocycles. The molecule has 0 fully saturated rings. The van der Waals surface area contributed by atoms with Crippen LogP contribution in [0.25, 0.3) is 0 Å². The SMILES string of the molecule is Cc1cc(C)cc(C[C@H](Oc2ccccc2C)C(=O)O)c1. The Morgan fingerprint density at radius 1 is 1.10 bits per heavy atom. The third-order valence-corrected chi connectivity index (χ3v) is 3.34. The first-order valence-electron chi connectivity index (χ1n) is 6.98. The van der Waals surface area contributed by atoms with Gasteiger partial charge < -0.3 is 9.84 Å². The van der Waals surface area contributed by atoms with Crippen molar-refractivity contribution in [3.05, 3.63) is 64.7 Å². The molecule has 2 rings (SSSR count). The van der Waals surface area contributed by atoms with E-state index in [0.29, 0.717) is 12.2 Å². The van der Waals surface area contributed by atoms with Gasteiger partial charge in [0.1, 0.15) is 5.75 Å². The number of aryl methyl sites for hydroxylation is 3. The normalized spacial score (nSPS) is 12.0. The zero-order chi connectivity index (χ0) is 15.4. The summed E-state index contributed by atoms with van der Waals surface area (Å²) < 4.78 is 5.69. The lowest BCUT2D eigenvalue weighted by Crippen LogP contribution is -2.29. The third kappa shape index (κ3) is 4.09. The number of hydrogen-bond acceptors (Lipinski definition) is 2. The van der Waals surface area contributed by atoms with Gasteiger partial charge in [0.15, 0.2) is 6.10 Å². The molecule has 21 heavy (non-hydrogen) atoms. The van der Waals surface area contributed by atoms with E-state index < -0.39 is 12.1 Å². The molecule has 0 spiro atoms. The lowest BCUT2D eigenvalue weighted by atomic mass is 10.0. The first-order valence-corrected chi connectivity index (χ1v) is 6.98. The standard InChI is InChI=1S/C18H20O3/c1-12-8-13(2)10-15(9-12)11-17(18(19)20)21-16-7-5-4-6-14(16)3/h4-10,17H,11H2,1-3H3,(H,19,20)/t17-/m0/s1. The predicted molar refractivity (Wildman–Crippen MR) is 82.9 cm³/mol. The van der Waals surface area contributed by atoms with Gasteiger partial charge >= 0.3 is 5.97 Å². The molecule has 0 radical (unpaired) electrons. The zero-order valence-electron chi connectivity index (χ0n) is 12.6. The first-order chi connectivity index (χ1) is 9.95. The highest BCUT2D eigenvalue weighted by Crippen LogP contribution is 2.20. The van der Waals surface area contributed by atoms with Crippen molar-refractivity contribution in [2.75, 3.05) is 0 Å². The summed E-state index contributed by atoms with van der Waals surface area (Å²) >= 11 is 0. The molecular weight excluding hydrogens is 264 g/mol. The minimum atomic E-state index is -0.947. The molecule has 1 atom stereocenters. The van der Waals surface area contributed by atoms with Gasteiger partial charge in [-0.05, 0) is 38.0 Å². The second-order valence-electron chi connectivity index (χ2n) is 5.41. The maximum atomic E-state index is 11.5. The number of aliphatic carboxylic acids is 1. The highest BCUT2D eigenvalue weighted by atomic mass is 16.5. The van der Waals surface area contributed by atoms with E-state index in [0.717, 1.165) is 22.3 Å². The van der Waals surface area contributed by atoms with Crippen molar-refractivity contribution in [3.8, 4) is 5.75 Å². The highest BCUT2D eigenvalue weighted by Gasteiger charge is 2.21. The van der Waals surface area contributed by atoms with Gasteiger partial charge in [-0.25, -0.2) is 4.79 Å². The van der Waals surface area contributed by atoms with Gasteiger partial charge in [-0.2, -0.15) is 0 Å². The average molecular weight is 284 g/mol. The van der Waals surface area contributed by atoms with Crippen LogP contribution >= 0.6 is 0 Å². The highest BCUT2D eigenvalue weighted by molar-refractivity contribution is 5.73. The molecular formula is C18H20O3. The van der Waals surface area contributed by atoms with Gasteiger partial charge in [0.2, 0.25) is 0 Å². The van der Waals surface area contributed by atoms with Crippen LogP contribution in [0.4, 0.5) is 0 Å². The molecule has 2 aromatic rings. The van der Waals surface area contributed by atoms with Crippen LogP contribution < -0.4 is 4.74 Å². The molecule has 0 saturated heterocycles. The minimum Gasteiger partial charge on any atom is -0.478 e. The molecule has 2 aromatic carbocycles. The second kappa shape index (κ2) is 6.44. The Bertz CT molecular complexity index is 626. The van der Waals surface area contributed by atoms with Crippen molar-refractivity contribution in [1.82, 2.24) is 0 Å². The van der Waals surface area contributed by atoms with Crippen molar-refractivity contribution in [1.29, 1.82) is 0 Å². The molecule has 3 nitrogen and oxygen atoms in total. The molecule has 0 aliphatic heterocycles. The maximum absolute atomic E-state index is 11.5. The molecule has 3 heteroatoms. The number of para-hydroxylation sites is 1. The zero-order valence-corrected chi connectivity index (χ0v) is 12.6. The minimum absolute atomic E-state index is 0.353. The van der Waals surface area contributed by atoms with Crippen molar-refractivity contribution in [2.24, 2.45) is 0 Å². The van der Waals surface area contributed by atoms with Crippen LogP contribution in [0.15, 0.2) is 42.5 Å². The van der Waals surface area contributed by atoms with Gasteiger partial charge in [-0.1, -0.05) is 47.5 Å². The Morgan fingerprint density at radius 3 is 2.29 bits per heavy atom. The van der Waals surface area contributed by atoms with Crippen molar-refractivity contribution in [2.45, 2.75) is 33.3 Å². The Morgan fingerprint density at radius 2 is 1.71 bits per heavy atom. The van der Waals surface area contributed by atoms with Crippen LogP contribution in [0, 0.1) is 20.8 Å². The predicted octanol–water partition coefficient (Wildman–Crippen LogP) is 3.69. The molecule has 0 unspecified atom stereocenters. The maximum Gasteiger partial charge on any atom is 0.345 e. The topological polar surface area (TPSA) is 46.5 Å². The fraction of sp³-hybridized carbons (Fsp3) is 0.278. The van der Waals surface area contributed by atoms with Gasteiger partial charge in [0.05, 0.1) is 0 Å². The smallest absolute Gasteiger partial charge is 0.345 e. The van der Waals surface area contributed by atoms with E-state index in [1.807, 2.05) is 51.1 Å². The van der Waals surface area contributed by atoms with Crippen LogP contribution in [-0.2, 0) is 11.2 Å². The third-order valence-electron chi connectivity index (χ3n) is 3.34. The lowest BCUT2D eigenvalue weighted by Gasteiger charge is -2.17. The van der Waals surface area contributed by atoms with Gasteiger partial charge in [-0.15, -0.1) is 0 Å². The Balaban J connectivity index is 2.20. The summed E-state index contributed by atoms with van der Waals surface area (Å²) in [6.07, 6.45) is -0.529. The summed E-state index contributed by atoms with van der Waals surface area (Å²) in [6, 6.07) is 13.5. The number of hydrogen-bond donors (Lipinski definition) is 1. The van der Waals surface area contributed by atoms with Crippen LogP contribution in [0.3, 0.4) is 0 Å². The molecule has 110 valence electrons. The number of carbonyl (C=O) groups is 1. The molecule has 0 aromatic heterocycles. The summed E-state index contributed by atoms with van der Waals surface area (Å²) in [5.41, 5.74) is 4.17. The molecule has 0 aliphatic rings. The quantitative estimate of drug-likeness (QED) is 0.911. The van der Waals surface area contributed by atoms with E-state index >= 15 is 0 Å². The van der Waals surface area contributed by atoms with Crippen LogP contribution in [0.2, 0.25) is 0 Å².